The van der Waals surface area contributed by atoms with Gasteiger partial charge in [-0.3, -0.25) is 4.98 Å². The van der Waals surface area contributed by atoms with Crippen LogP contribution in [0.2, 0.25) is 0 Å². The topological polar surface area (TPSA) is 104 Å². The van der Waals surface area contributed by atoms with Gasteiger partial charge in [-0.05, 0) is 12.1 Å². The minimum Gasteiger partial charge on any atom is -0.368 e. The van der Waals surface area contributed by atoms with Crippen molar-refractivity contribution in [3.63, 3.8) is 0 Å². The Kier molecular flexibility index (Phi) is 2.26. The van der Waals surface area contributed by atoms with Gasteiger partial charge in [0.05, 0.1) is 5.52 Å². The van der Waals surface area contributed by atoms with Crippen molar-refractivity contribution in [3.8, 4) is 11.4 Å². The van der Waals surface area contributed by atoms with Crippen molar-refractivity contribution in [1.82, 2.24) is 19.9 Å². The van der Waals surface area contributed by atoms with E-state index in [2.05, 4.69) is 19.9 Å². The predicted molar refractivity (Wildman–Crippen MR) is 69.4 cm³/mol. The van der Waals surface area contributed by atoms with Crippen LogP contribution in [-0.2, 0) is 0 Å². The third kappa shape index (κ3) is 1.69. The summed E-state index contributed by atoms with van der Waals surface area (Å²) in [5, 5.41) is 0.949. The van der Waals surface area contributed by atoms with Gasteiger partial charge in [-0.15, -0.1) is 0 Å². The Morgan fingerprint density at radius 2 is 1.56 bits per heavy atom. The van der Waals surface area contributed by atoms with Crippen LogP contribution < -0.4 is 11.5 Å². The van der Waals surface area contributed by atoms with Crippen LogP contribution in [0.5, 0.6) is 0 Å². The molecule has 0 aliphatic carbocycles. The molecule has 0 bridgehead atoms. The molecule has 2 aromatic heterocycles. The predicted octanol–water partition coefficient (Wildman–Crippen LogP) is 1.25. The first-order valence-corrected chi connectivity index (χ1v) is 5.35. The van der Waals surface area contributed by atoms with Gasteiger partial charge in [0, 0.05) is 17.1 Å². The Labute approximate surface area is 103 Å². The Morgan fingerprint density at radius 1 is 0.833 bits per heavy atom. The van der Waals surface area contributed by atoms with Gasteiger partial charge in [0.25, 0.3) is 0 Å². The molecule has 0 spiro atoms. The van der Waals surface area contributed by atoms with Crippen molar-refractivity contribution in [2.75, 3.05) is 11.5 Å². The number of anilines is 2. The summed E-state index contributed by atoms with van der Waals surface area (Å²) in [6.07, 6.45) is 1.70. The minimum absolute atomic E-state index is 0.110. The highest BCUT2D eigenvalue weighted by molar-refractivity contribution is 5.92. The molecule has 0 unspecified atom stereocenters. The standard InChI is InChI=1S/C12H10N6/c13-11-16-10(17-12(14)18-11)8-5-6-15-9-4-2-1-3-7(8)9/h1-6H,(H4,13,14,16,17,18). The maximum absolute atomic E-state index is 5.58. The van der Waals surface area contributed by atoms with Crippen molar-refractivity contribution >= 4 is 22.8 Å². The number of para-hydroxylation sites is 1. The second kappa shape index (κ2) is 3.92. The van der Waals surface area contributed by atoms with E-state index in [-0.39, 0.29) is 11.9 Å². The number of nitrogens with two attached hydrogens (primary N) is 2. The van der Waals surface area contributed by atoms with E-state index in [1.165, 1.54) is 0 Å². The van der Waals surface area contributed by atoms with E-state index in [0.29, 0.717) is 5.82 Å². The molecular formula is C12H10N6. The summed E-state index contributed by atoms with van der Waals surface area (Å²) in [7, 11) is 0. The number of hydrogen-bond acceptors (Lipinski definition) is 6. The summed E-state index contributed by atoms with van der Waals surface area (Å²) in [4.78, 5) is 16.2. The van der Waals surface area contributed by atoms with E-state index >= 15 is 0 Å². The first-order valence-electron chi connectivity index (χ1n) is 5.35. The van der Waals surface area contributed by atoms with E-state index in [1.54, 1.807) is 6.20 Å². The Morgan fingerprint density at radius 3 is 2.33 bits per heavy atom. The molecule has 18 heavy (non-hydrogen) atoms. The minimum atomic E-state index is 0.110. The maximum atomic E-state index is 5.58. The quantitative estimate of drug-likeness (QED) is 0.661. The van der Waals surface area contributed by atoms with Crippen molar-refractivity contribution in [2.24, 2.45) is 0 Å². The lowest BCUT2D eigenvalue weighted by Crippen LogP contribution is -2.04. The highest BCUT2D eigenvalue weighted by Gasteiger charge is 2.08. The molecule has 4 N–H and O–H groups in total. The van der Waals surface area contributed by atoms with Crippen molar-refractivity contribution in [2.45, 2.75) is 0 Å². The summed E-state index contributed by atoms with van der Waals surface area (Å²) in [6.45, 7) is 0. The number of pyridine rings is 1. The lowest BCUT2D eigenvalue weighted by Gasteiger charge is -2.05. The number of benzene rings is 1. The van der Waals surface area contributed by atoms with E-state index in [0.717, 1.165) is 16.5 Å². The van der Waals surface area contributed by atoms with Gasteiger partial charge in [0.15, 0.2) is 5.82 Å². The molecule has 6 nitrogen and oxygen atoms in total. The van der Waals surface area contributed by atoms with Crippen molar-refractivity contribution < 1.29 is 0 Å². The summed E-state index contributed by atoms with van der Waals surface area (Å²) in [5.74, 6) is 0.676. The smallest absolute Gasteiger partial charge is 0.225 e. The zero-order valence-corrected chi connectivity index (χ0v) is 9.41. The normalized spacial score (nSPS) is 10.7. The van der Waals surface area contributed by atoms with Crippen molar-refractivity contribution in [1.29, 1.82) is 0 Å². The zero-order valence-electron chi connectivity index (χ0n) is 9.41. The maximum Gasteiger partial charge on any atom is 0.225 e. The Hall–Kier alpha value is -2.76. The Bertz CT molecular complexity index is 699. The van der Waals surface area contributed by atoms with Crippen LogP contribution in [0.15, 0.2) is 36.5 Å². The molecule has 0 saturated carbocycles. The number of fused-ring (bicyclic) bond motifs is 1. The van der Waals surface area contributed by atoms with Crippen LogP contribution >= 0.6 is 0 Å². The van der Waals surface area contributed by atoms with Crippen molar-refractivity contribution in [3.05, 3.63) is 36.5 Å². The first kappa shape index (κ1) is 10.4. The molecule has 3 aromatic rings. The average molecular weight is 238 g/mol. The summed E-state index contributed by atoms with van der Waals surface area (Å²) < 4.78 is 0. The van der Waals surface area contributed by atoms with Crippen LogP contribution in [0.4, 0.5) is 11.9 Å². The third-order valence-corrected chi connectivity index (χ3v) is 2.56. The van der Waals surface area contributed by atoms with Gasteiger partial charge in [-0.2, -0.15) is 15.0 Å². The summed E-state index contributed by atoms with van der Waals surface area (Å²) in [5.41, 5.74) is 12.9. The van der Waals surface area contributed by atoms with Crippen LogP contribution in [0.1, 0.15) is 0 Å². The third-order valence-electron chi connectivity index (χ3n) is 2.56. The van der Waals surface area contributed by atoms with Crippen LogP contribution in [0.25, 0.3) is 22.3 Å². The molecule has 0 saturated heterocycles. The lowest BCUT2D eigenvalue weighted by molar-refractivity contribution is 1.09. The Balaban J connectivity index is 2.31. The van der Waals surface area contributed by atoms with Gasteiger partial charge < -0.3 is 11.5 Å². The largest absolute Gasteiger partial charge is 0.368 e. The summed E-state index contributed by atoms with van der Waals surface area (Å²) >= 11 is 0. The van der Waals surface area contributed by atoms with Gasteiger partial charge in [0.2, 0.25) is 11.9 Å². The molecule has 3 rings (SSSR count). The van der Waals surface area contributed by atoms with Gasteiger partial charge >= 0.3 is 0 Å². The highest BCUT2D eigenvalue weighted by atomic mass is 15.1. The number of aromatic nitrogens is 4. The second-order valence-corrected chi connectivity index (χ2v) is 3.75. The first-order chi connectivity index (χ1) is 8.74. The molecule has 0 aliphatic heterocycles. The fourth-order valence-corrected chi connectivity index (χ4v) is 1.82. The van der Waals surface area contributed by atoms with Crippen LogP contribution in [0, 0.1) is 0 Å². The average Bonchev–Trinajstić information content (AvgIpc) is 2.37. The van der Waals surface area contributed by atoms with Crippen LogP contribution in [-0.4, -0.2) is 19.9 Å². The molecular weight excluding hydrogens is 228 g/mol. The fraction of sp³-hybridized carbons (Fsp3) is 0. The monoisotopic (exact) mass is 238 g/mol. The number of nitrogen functional groups attached to an aromatic ring is 2. The number of nitrogens with zero attached hydrogens (tertiary/aromatic N) is 4. The number of hydrogen-bond donors (Lipinski definition) is 2. The molecule has 0 fully saturated rings. The second-order valence-electron chi connectivity index (χ2n) is 3.75. The summed E-state index contributed by atoms with van der Waals surface area (Å²) in [6, 6.07) is 9.56. The lowest BCUT2D eigenvalue weighted by atomic mass is 10.1. The van der Waals surface area contributed by atoms with E-state index in [4.69, 9.17) is 11.5 Å². The van der Waals surface area contributed by atoms with E-state index < -0.39 is 0 Å². The molecule has 1 aromatic carbocycles. The van der Waals surface area contributed by atoms with E-state index in [1.807, 2.05) is 30.3 Å². The van der Waals surface area contributed by atoms with Crippen LogP contribution in [0.3, 0.4) is 0 Å². The zero-order chi connectivity index (χ0) is 12.5. The number of rotatable bonds is 1. The molecule has 0 radical (unpaired) electrons. The fourth-order valence-electron chi connectivity index (χ4n) is 1.82. The molecule has 88 valence electrons. The van der Waals surface area contributed by atoms with Gasteiger partial charge in [0.1, 0.15) is 0 Å². The molecule has 6 heteroatoms. The molecule has 2 heterocycles. The molecule has 0 atom stereocenters. The van der Waals surface area contributed by atoms with Gasteiger partial charge in [-0.25, -0.2) is 0 Å². The van der Waals surface area contributed by atoms with E-state index in [9.17, 15) is 0 Å². The molecule has 0 aliphatic rings. The van der Waals surface area contributed by atoms with Gasteiger partial charge in [-0.1, -0.05) is 18.2 Å². The molecule has 0 amide bonds. The SMILES string of the molecule is Nc1nc(N)nc(-c2ccnc3ccccc23)n1. The highest BCUT2D eigenvalue weighted by Crippen LogP contribution is 2.24.